The maximum absolute atomic E-state index is 10.4. The van der Waals surface area contributed by atoms with Crippen LogP contribution >= 0.6 is 0 Å². The van der Waals surface area contributed by atoms with E-state index < -0.39 is 6.10 Å². The lowest BCUT2D eigenvalue weighted by Crippen LogP contribution is -2.34. The summed E-state index contributed by atoms with van der Waals surface area (Å²) < 4.78 is 20.9. The van der Waals surface area contributed by atoms with Gasteiger partial charge in [0.05, 0.1) is 41.1 Å². The molecular weight excluding hydrogens is 362 g/mol. The van der Waals surface area contributed by atoms with Crippen LogP contribution in [0, 0.1) is 0 Å². The van der Waals surface area contributed by atoms with E-state index in [1.54, 1.807) is 46.6 Å². The Bertz CT molecular complexity index is 788. The number of guanidine groups is 1. The van der Waals surface area contributed by atoms with Crippen molar-refractivity contribution < 1.29 is 24.1 Å². The first-order valence-corrected chi connectivity index (χ1v) is 8.66. The summed E-state index contributed by atoms with van der Waals surface area (Å²) in [5.41, 5.74) is 7.48. The lowest BCUT2D eigenvalue weighted by molar-refractivity contribution is 0.180. The largest absolute Gasteiger partial charge is 0.497 e. The van der Waals surface area contributed by atoms with Crippen molar-refractivity contribution in [2.45, 2.75) is 12.6 Å². The Balaban J connectivity index is 1.97. The summed E-state index contributed by atoms with van der Waals surface area (Å²) in [5, 5.41) is 13.3. The molecule has 0 amide bonds. The zero-order valence-corrected chi connectivity index (χ0v) is 16.6. The molecule has 4 N–H and O–H groups in total. The Morgan fingerprint density at radius 2 is 1.61 bits per heavy atom. The Kier molecular flexibility index (Phi) is 7.76. The molecule has 28 heavy (non-hydrogen) atoms. The normalized spacial score (nSPS) is 12.2. The lowest BCUT2D eigenvalue weighted by atomic mass is 10.1. The van der Waals surface area contributed by atoms with Crippen molar-refractivity contribution in [3.05, 3.63) is 47.5 Å². The van der Waals surface area contributed by atoms with Gasteiger partial charge in [0.2, 0.25) is 0 Å². The minimum atomic E-state index is -0.807. The van der Waals surface area contributed by atoms with Gasteiger partial charge in [-0.1, -0.05) is 6.07 Å². The van der Waals surface area contributed by atoms with Gasteiger partial charge in [0.1, 0.15) is 11.5 Å². The van der Waals surface area contributed by atoms with Crippen molar-refractivity contribution in [2.24, 2.45) is 10.7 Å². The Morgan fingerprint density at radius 3 is 2.18 bits per heavy atom. The molecule has 2 aromatic carbocycles. The summed E-state index contributed by atoms with van der Waals surface area (Å²) >= 11 is 0. The van der Waals surface area contributed by atoms with Crippen LogP contribution in [0.5, 0.6) is 23.0 Å². The number of rotatable bonds is 9. The summed E-state index contributed by atoms with van der Waals surface area (Å²) in [6.07, 6.45) is -0.807. The van der Waals surface area contributed by atoms with Crippen molar-refractivity contribution in [1.29, 1.82) is 0 Å². The van der Waals surface area contributed by atoms with Gasteiger partial charge >= 0.3 is 0 Å². The van der Waals surface area contributed by atoms with Gasteiger partial charge in [-0.25, -0.2) is 4.99 Å². The maximum atomic E-state index is 10.4. The van der Waals surface area contributed by atoms with Crippen LogP contribution in [0.25, 0.3) is 0 Å². The monoisotopic (exact) mass is 389 g/mol. The zero-order chi connectivity index (χ0) is 20.5. The highest BCUT2D eigenvalue weighted by Crippen LogP contribution is 2.28. The number of aliphatic hydroxyl groups is 1. The lowest BCUT2D eigenvalue weighted by Gasteiger charge is -2.15. The highest BCUT2D eigenvalue weighted by atomic mass is 16.5. The molecule has 0 aromatic heterocycles. The standard InChI is InChI=1S/C20H27N3O5/c1-25-15-8-14(9-16(10-15)26-2)17(24)12-23-20(21)22-11-13-5-6-18(27-3)19(7-13)28-4/h5-10,17,24H,11-12H2,1-4H3,(H3,21,22,23). The van der Waals surface area contributed by atoms with Gasteiger partial charge in [-0.3, -0.25) is 0 Å². The van der Waals surface area contributed by atoms with E-state index in [0.717, 1.165) is 5.56 Å². The van der Waals surface area contributed by atoms with E-state index >= 15 is 0 Å². The second-order valence-corrected chi connectivity index (χ2v) is 5.93. The molecule has 0 saturated carbocycles. The van der Waals surface area contributed by atoms with Crippen LogP contribution in [0.4, 0.5) is 0 Å². The van der Waals surface area contributed by atoms with Crippen LogP contribution in [0.3, 0.4) is 0 Å². The first kappa shape index (κ1) is 21.2. The topological polar surface area (TPSA) is 108 Å². The van der Waals surface area contributed by atoms with Crippen molar-refractivity contribution >= 4 is 5.96 Å². The second kappa shape index (κ2) is 10.3. The highest BCUT2D eigenvalue weighted by molar-refractivity contribution is 5.77. The van der Waals surface area contributed by atoms with Crippen molar-refractivity contribution in [1.82, 2.24) is 5.32 Å². The number of aliphatic hydroxyl groups excluding tert-OH is 1. The van der Waals surface area contributed by atoms with E-state index in [4.69, 9.17) is 24.7 Å². The Labute approximate surface area is 164 Å². The van der Waals surface area contributed by atoms with E-state index in [9.17, 15) is 5.11 Å². The number of nitrogens with zero attached hydrogens (tertiary/aromatic N) is 1. The molecule has 0 aliphatic carbocycles. The van der Waals surface area contributed by atoms with Crippen molar-refractivity contribution in [2.75, 3.05) is 35.0 Å². The van der Waals surface area contributed by atoms with Crippen LogP contribution in [0.15, 0.2) is 41.4 Å². The molecule has 2 rings (SSSR count). The number of nitrogens with two attached hydrogens (primary N) is 1. The zero-order valence-electron chi connectivity index (χ0n) is 16.6. The highest BCUT2D eigenvalue weighted by Gasteiger charge is 2.11. The fourth-order valence-corrected chi connectivity index (χ4v) is 2.55. The molecule has 8 heteroatoms. The van der Waals surface area contributed by atoms with E-state index in [1.165, 1.54) is 0 Å². The molecule has 1 unspecified atom stereocenters. The van der Waals surface area contributed by atoms with Gasteiger partial charge in [0, 0.05) is 12.6 Å². The van der Waals surface area contributed by atoms with E-state index in [2.05, 4.69) is 10.3 Å². The molecule has 0 saturated heterocycles. The number of ether oxygens (including phenoxy) is 4. The second-order valence-electron chi connectivity index (χ2n) is 5.93. The summed E-state index contributed by atoms with van der Waals surface area (Å²) in [7, 11) is 6.28. The molecule has 0 aliphatic heterocycles. The minimum Gasteiger partial charge on any atom is -0.497 e. The third kappa shape index (κ3) is 5.68. The average molecular weight is 389 g/mol. The average Bonchev–Trinajstić information content (AvgIpc) is 2.75. The van der Waals surface area contributed by atoms with E-state index in [1.807, 2.05) is 18.2 Å². The summed E-state index contributed by atoms with van der Waals surface area (Å²) in [5.74, 6) is 2.71. The van der Waals surface area contributed by atoms with E-state index in [-0.39, 0.29) is 12.5 Å². The van der Waals surface area contributed by atoms with Gasteiger partial charge in [0.15, 0.2) is 17.5 Å². The first-order chi connectivity index (χ1) is 13.5. The van der Waals surface area contributed by atoms with Crippen molar-refractivity contribution in [3.63, 3.8) is 0 Å². The SMILES string of the molecule is COc1cc(OC)cc(C(O)CNC(N)=NCc2ccc(OC)c(OC)c2)c1. The quantitative estimate of drug-likeness (QED) is 0.444. The fraction of sp³-hybridized carbons (Fsp3) is 0.350. The summed E-state index contributed by atoms with van der Waals surface area (Å²) in [4.78, 5) is 4.28. The molecule has 0 fully saturated rings. The van der Waals surface area contributed by atoms with Crippen LogP contribution in [-0.2, 0) is 6.54 Å². The summed E-state index contributed by atoms with van der Waals surface area (Å²) in [6.45, 7) is 0.555. The molecule has 1 atom stereocenters. The number of hydrogen-bond acceptors (Lipinski definition) is 6. The fourth-order valence-electron chi connectivity index (χ4n) is 2.55. The predicted molar refractivity (Wildman–Crippen MR) is 107 cm³/mol. The minimum absolute atomic E-state index is 0.192. The third-order valence-electron chi connectivity index (χ3n) is 4.12. The number of hydrogen-bond donors (Lipinski definition) is 3. The Morgan fingerprint density at radius 1 is 0.964 bits per heavy atom. The smallest absolute Gasteiger partial charge is 0.189 e. The van der Waals surface area contributed by atoms with Crippen LogP contribution < -0.4 is 30.0 Å². The van der Waals surface area contributed by atoms with E-state index in [0.29, 0.717) is 35.1 Å². The third-order valence-corrected chi connectivity index (χ3v) is 4.12. The number of nitrogens with one attached hydrogen (secondary N) is 1. The number of aliphatic imine (C=N–C) groups is 1. The molecule has 0 heterocycles. The van der Waals surface area contributed by atoms with Gasteiger partial charge in [-0.2, -0.15) is 0 Å². The molecule has 0 aliphatic rings. The molecule has 0 bridgehead atoms. The first-order valence-electron chi connectivity index (χ1n) is 8.66. The number of benzene rings is 2. The van der Waals surface area contributed by atoms with Crippen LogP contribution in [0.2, 0.25) is 0 Å². The number of methoxy groups -OCH3 is 4. The Hall–Kier alpha value is -3.13. The molecular formula is C20H27N3O5. The molecule has 0 spiro atoms. The predicted octanol–water partition coefficient (Wildman–Crippen LogP) is 1.86. The van der Waals surface area contributed by atoms with Crippen LogP contribution in [0.1, 0.15) is 17.2 Å². The van der Waals surface area contributed by atoms with Gasteiger partial charge in [-0.05, 0) is 35.4 Å². The molecule has 8 nitrogen and oxygen atoms in total. The van der Waals surface area contributed by atoms with Crippen molar-refractivity contribution in [3.8, 4) is 23.0 Å². The van der Waals surface area contributed by atoms with Gasteiger partial charge in [-0.15, -0.1) is 0 Å². The van der Waals surface area contributed by atoms with Gasteiger partial charge < -0.3 is 35.1 Å². The molecule has 2 aromatic rings. The maximum Gasteiger partial charge on any atom is 0.189 e. The molecule has 152 valence electrons. The summed E-state index contributed by atoms with van der Waals surface area (Å²) in [6, 6.07) is 10.8. The van der Waals surface area contributed by atoms with Gasteiger partial charge in [0.25, 0.3) is 0 Å². The van der Waals surface area contributed by atoms with Crippen LogP contribution in [-0.4, -0.2) is 46.1 Å². The molecule has 0 radical (unpaired) electrons.